The molecule has 0 aliphatic heterocycles. The van der Waals surface area contributed by atoms with Gasteiger partial charge in [0, 0.05) is 8.86 Å². The Balaban J connectivity index is 1.74. The summed E-state index contributed by atoms with van der Waals surface area (Å²) < 4.78 is 8.44. The summed E-state index contributed by atoms with van der Waals surface area (Å²) in [6, 6.07) is 10.4. The normalized spacial score (nSPS) is 19.4. The van der Waals surface area contributed by atoms with Gasteiger partial charge < -0.3 is 4.74 Å². The first-order valence-electron chi connectivity index (χ1n) is 5.55. The van der Waals surface area contributed by atoms with Crippen molar-refractivity contribution in [3.05, 3.63) is 35.9 Å². The molecule has 0 N–H and O–H groups in total. The molecular weight excluding hydrogens is 426 g/mol. The van der Waals surface area contributed by atoms with Gasteiger partial charge in [-0.3, -0.25) is 0 Å². The van der Waals surface area contributed by atoms with Gasteiger partial charge in [-0.15, -0.1) is 0 Å². The van der Waals surface area contributed by atoms with Gasteiger partial charge in [-0.05, 0) is 23.8 Å². The van der Waals surface area contributed by atoms with Gasteiger partial charge in [-0.2, -0.15) is 0 Å². The summed E-state index contributed by atoms with van der Waals surface area (Å²) in [5.74, 6) is 0. The van der Waals surface area contributed by atoms with E-state index in [2.05, 4.69) is 69.4 Å². The first-order chi connectivity index (χ1) is 7.78. The molecule has 1 saturated carbocycles. The largest absolute Gasteiger partial charge is 0.373 e. The first-order valence-corrected chi connectivity index (χ1v) is 8.61. The van der Waals surface area contributed by atoms with Crippen LogP contribution in [0.2, 0.25) is 0 Å². The van der Waals surface area contributed by atoms with E-state index >= 15 is 0 Å². The van der Waals surface area contributed by atoms with E-state index in [1.54, 1.807) is 0 Å². The lowest BCUT2D eigenvalue weighted by atomic mass is 9.70. The minimum absolute atomic E-state index is 0.490. The summed E-state index contributed by atoms with van der Waals surface area (Å²) in [5, 5.41) is 0. The Bertz CT molecular complexity index is 314. The van der Waals surface area contributed by atoms with Crippen molar-refractivity contribution >= 4 is 45.2 Å². The fraction of sp³-hybridized carbons (Fsp3) is 0.538. The van der Waals surface area contributed by atoms with Gasteiger partial charge in [0.05, 0.1) is 12.7 Å². The Morgan fingerprint density at radius 2 is 1.75 bits per heavy atom. The molecule has 1 aliphatic carbocycles. The highest BCUT2D eigenvalue weighted by atomic mass is 127. The summed E-state index contributed by atoms with van der Waals surface area (Å²) in [6.07, 6.45) is 2.97. The molecule has 0 saturated heterocycles. The van der Waals surface area contributed by atoms with Crippen molar-refractivity contribution in [2.75, 3.05) is 8.86 Å². The number of halogens is 2. The van der Waals surface area contributed by atoms with Crippen LogP contribution in [-0.2, 0) is 11.3 Å². The molecule has 16 heavy (non-hydrogen) atoms. The molecular formula is C13H16I2O. The Hall–Kier alpha value is 0.640. The minimum atomic E-state index is 0.490. The van der Waals surface area contributed by atoms with Gasteiger partial charge in [0.1, 0.15) is 0 Å². The van der Waals surface area contributed by atoms with Crippen molar-refractivity contribution < 1.29 is 4.74 Å². The fourth-order valence-corrected chi connectivity index (χ4v) is 4.88. The molecule has 0 bridgehead atoms. The molecule has 1 fully saturated rings. The predicted octanol–water partition coefficient (Wildman–Crippen LogP) is 4.22. The van der Waals surface area contributed by atoms with Crippen molar-refractivity contribution in [2.45, 2.75) is 25.6 Å². The summed E-state index contributed by atoms with van der Waals surface area (Å²) in [7, 11) is 0. The van der Waals surface area contributed by atoms with Crippen LogP contribution in [0.25, 0.3) is 0 Å². The highest BCUT2D eigenvalue weighted by Crippen LogP contribution is 2.45. The molecule has 1 nitrogen and oxygen atoms in total. The summed E-state index contributed by atoms with van der Waals surface area (Å²) >= 11 is 5.01. The van der Waals surface area contributed by atoms with Crippen molar-refractivity contribution in [2.24, 2.45) is 5.41 Å². The number of hydrogen-bond acceptors (Lipinski definition) is 1. The fourth-order valence-electron chi connectivity index (χ4n) is 2.07. The zero-order valence-electron chi connectivity index (χ0n) is 9.16. The number of hydrogen-bond donors (Lipinski definition) is 0. The third-order valence-electron chi connectivity index (χ3n) is 3.22. The van der Waals surface area contributed by atoms with Crippen LogP contribution in [0.15, 0.2) is 30.3 Å². The van der Waals surface area contributed by atoms with Gasteiger partial charge >= 0.3 is 0 Å². The minimum Gasteiger partial charge on any atom is -0.373 e. The van der Waals surface area contributed by atoms with Crippen LogP contribution in [0.5, 0.6) is 0 Å². The second-order valence-corrected chi connectivity index (χ2v) is 6.12. The Morgan fingerprint density at radius 1 is 1.12 bits per heavy atom. The SMILES string of the molecule is ICC1(CI)CC(OCc2ccccc2)C1. The average Bonchev–Trinajstić information content (AvgIpc) is 2.30. The molecule has 88 valence electrons. The highest BCUT2D eigenvalue weighted by Gasteiger charge is 2.43. The van der Waals surface area contributed by atoms with Crippen molar-refractivity contribution in [3.8, 4) is 0 Å². The molecule has 1 aliphatic rings. The lowest BCUT2D eigenvalue weighted by molar-refractivity contribution is -0.0671. The topological polar surface area (TPSA) is 9.23 Å². The van der Waals surface area contributed by atoms with E-state index in [1.807, 2.05) is 6.07 Å². The summed E-state index contributed by atoms with van der Waals surface area (Å²) in [6.45, 7) is 0.768. The number of rotatable bonds is 5. The van der Waals surface area contributed by atoms with E-state index in [4.69, 9.17) is 4.74 Å². The van der Waals surface area contributed by atoms with Crippen molar-refractivity contribution in [1.29, 1.82) is 0 Å². The van der Waals surface area contributed by atoms with E-state index in [1.165, 1.54) is 27.3 Å². The second-order valence-electron chi connectivity index (χ2n) is 4.59. The molecule has 0 spiro atoms. The molecule has 3 heteroatoms. The molecule has 0 radical (unpaired) electrons. The smallest absolute Gasteiger partial charge is 0.0720 e. The average molecular weight is 442 g/mol. The van der Waals surface area contributed by atoms with Gasteiger partial charge in [-0.25, -0.2) is 0 Å². The van der Waals surface area contributed by atoms with E-state index in [-0.39, 0.29) is 0 Å². The van der Waals surface area contributed by atoms with E-state index in [9.17, 15) is 0 Å². The predicted molar refractivity (Wildman–Crippen MR) is 84.5 cm³/mol. The molecule has 0 heterocycles. The third kappa shape index (κ3) is 3.10. The standard InChI is InChI=1S/C13H16I2O/c14-9-13(10-15)6-12(7-13)16-8-11-4-2-1-3-5-11/h1-5,12H,6-10H2. The lowest BCUT2D eigenvalue weighted by Gasteiger charge is -2.45. The Morgan fingerprint density at radius 3 is 2.31 bits per heavy atom. The quantitative estimate of drug-likeness (QED) is 0.491. The molecule has 0 atom stereocenters. The van der Waals surface area contributed by atoms with E-state index < -0.39 is 0 Å². The van der Waals surface area contributed by atoms with Gasteiger partial charge in [0.25, 0.3) is 0 Å². The summed E-state index contributed by atoms with van der Waals surface area (Å²) in [5.41, 5.74) is 1.85. The maximum atomic E-state index is 5.92. The lowest BCUT2D eigenvalue weighted by Crippen LogP contribution is -2.44. The zero-order valence-corrected chi connectivity index (χ0v) is 13.5. The van der Waals surface area contributed by atoms with Crippen molar-refractivity contribution in [1.82, 2.24) is 0 Å². The van der Waals surface area contributed by atoms with Crippen LogP contribution in [-0.4, -0.2) is 15.0 Å². The van der Waals surface area contributed by atoms with Crippen LogP contribution >= 0.6 is 45.2 Å². The van der Waals surface area contributed by atoms with Crippen LogP contribution in [0.4, 0.5) is 0 Å². The van der Waals surface area contributed by atoms with Crippen molar-refractivity contribution in [3.63, 3.8) is 0 Å². The molecule has 1 aromatic carbocycles. The molecule has 1 aromatic rings. The van der Waals surface area contributed by atoms with Gasteiger partial charge in [0.2, 0.25) is 0 Å². The summed E-state index contributed by atoms with van der Waals surface area (Å²) in [4.78, 5) is 0. The number of ether oxygens (including phenoxy) is 1. The van der Waals surface area contributed by atoms with Crippen LogP contribution < -0.4 is 0 Å². The van der Waals surface area contributed by atoms with Gasteiger partial charge in [-0.1, -0.05) is 75.5 Å². The molecule has 0 unspecified atom stereocenters. The molecule has 2 rings (SSSR count). The first kappa shape index (κ1) is 13.1. The van der Waals surface area contributed by atoms with E-state index in [0.717, 1.165) is 6.61 Å². The Kier molecular flexibility index (Phi) is 4.90. The monoisotopic (exact) mass is 442 g/mol. The highest BCUT2D eigenvalue weighted by molar-refractivity contribution is 14.1. The van der Waals surface area contributed by atoms with Crippen LogP contribution in [0, 0.1) is 5.41 Å². The zero-order chi connectivity index (χ0) is 11.4. The van der Waals surface area contributed by atoms with Crippen LogP contribution in [0.1, 0.15) is 18.4 Å². The van der Waals surface area contributed by atoms with Gasteiger partial charge in [0.15, 0.2) is 0 Å². The maximum Gasteiger partial charge on any atom is 0.0720 e. The molecule has 0 amide bonds. The third-order valence-corrected chi connectivity index (χ3v) is 6.45. The number of alkyl halides is 2. The Labute approximate surface area is 125 Å². The maximum absolute atomic E-state index is 5.92. The molecule has 0 aromatic heterocycles. The van der Waals surface area contributed by atoms with Crippen LogP contribution in [0.3, 0.4) is 0 Å². The second kappa shape index (κ2) is 6.00. The van der Waals surface area contributed by atoms with E-state index in [0.29, 0.717) is 11.5 Å². The number of benzene rings is 1.